The van der Waals surface area contributed by atoms with Crippen molar-refractivity contribution in [3.63, 3.8) is 0 Å². The highest BCUT2D eigenvalue weighted by molar-refractivity contribution is 5.76. The zero-order valence-corrected chi connectivity index (χ0v) is 12.9. The van der Waals surface area contributed by atoms with E-state index in [2.05, 4.69) is 12.1 Å². The number of fused-ring (bicyclic) bond motifs is 1. The molecule has 1 heterocycles. The molecule has 3 heteroatoms. The van der Waals surface area contributed by atoms with Crippen LogP contribution in [-0.4, -0.2) is 12.1 Å². The Morgan fingerprint density at radius 1 is 1.23 bits per heavy atom. The average Bonchev–Trinajstić information content (AvgIpc) is 2.47. The summed E-state index contributed by atoms with van der Waals surface area (Å²) in [7, 11) is 0. The molecule has 0 radical (unpaired) electrons. The number of carbonyl (C=O) groups excluding carboxylic acids is 1. The monoisotopic (exact) mass is 296 g/mol. The molecular formula is C19H20O3. The van der Waals surface area contributed by atoms with Crippen molar-refractivity contribution in [3.05, 3.63) is 59.7 Å². The molecule has 0 aromatic heterocycles. The third-order valence-corrected chi connectivity index (χ3v) is 3.92. The molecule has 1 aliphatic heterocycles. The molecule has 2 aromatic rings. The van der Waals surface area contributed by atoms with E-state index in [1.165, 1.54) is 5.56 Å². The van der Waals surface area contributed by atoms with E-state index in [4.69, 9.17) is 9.47 Å². The predicted octanol–water partition coefficient (Wildman–Crippen LogP) is 4.11. The molecule has 3 rings (SSSR count). The van der Waals surface area contributed by atoms with Crippen LogP contribution >= 0.6 is 0 Å². The molecule has 0 aliphatic carbocycles. The van der Waals surface area contributed by atoms with E-state index in [-0.39, 0.29) is 18.0 Å². The first-order chi connectivity index (χ1) is 10.6. The van der Waals surface area contributed by atoms with Crippen LogP contribution in [0.3, 0.4) is 0 Å². The second kappa shape index (κ2) is 6.22. The van der Waals surface area contributed by atoms with Gasteiger partial charge in [-0.25, -0.2) is 0 Å². The van der Waals surface area contributed by atoms with Gasteiger partial charge in [-0.1, -0.05) is 43.3 Å². The SMILES string of the molecule is CC(Cc1ccccc1)Oc1ccc2c(c1)OC(=O)CC2C. The van der Waals surface area contributed by atoms with Crippen molar-refractivity contribution in [2.45, 2.75) is 38.7 Å². The third kappa shape index (κ3) is 3.30. The summed E-state index contributed by atoms with van der Waals surface area (Å²) < 4.78 is 11.3. The van der Waals surface area contributed by atoms with E-state index in [0.29, 0.717) is 12.2 Å². The normalized spacial score (nSPS) is 18.3. The van der Waals surface area contributed by atoms with Crippen molar-refractivity contribution < 1.29 is 14.3 Å². The van der Waals surface area contributed by atoms with Crippen LogP contribution < -0.4 is 9.47 Å². The third-order valence-electron chi connectivity index (χ3n) is 3.92. The zero-order valence-electron chi connectivity index (χ0n) is 12.9. The second-order valence-corrected chi connectivity index (χ2v) is 5.90. The molecule has 22 heavy (non-hydrogen) atoms. The maximum Gasteiger partial charge on any atom is 0.311 e. The molecule has 2 unspecified atom stereocenters. The van der Waals surface area contributed by atoms with Gasteiger partial charge in [-0.3, -0.25) is 4.79 Å². The van der Waals surface area contributed by atoms with Crippen LogP contribution in [0.1, 0.15) is 37.3 Å². The number of rotatable bonds is 4. The summed E-state index contributed by atoms with van der Waals surface area (Å²) in [6, 6.07) is 16.0. The summed E-state index contributed by atoms with van der Waals surface area (Å²) in [5, 5.41) is 0. The average molecular weight is 296 g/mol. The van der Waals surface area contributed by atoms with Crippen LogP contribution in [0, 0.1) is 0 Å². The standard InChI is InChI=1S/C19H20O3/c1-13-10-19(20)22-18-12-16(8-9-17(13)18)21-14(2)11-15-6-4-3-5-7-15/h3-9,12-14H,10-11H2,1-2H3. The van der Waals surface area contributed by atoms with E-state index in [1.54, 1.807) is 0 Å². The molecule has 3 nitrogen and oxygen atoms in total. The molecule has 0 N–H and O–H groups in total. The van der Waals surface area contributed by atoms with Gasteiger partial charge in [0, 0.05) is 12.5 Å². The van der Waals surface area contributed by atoms with Crippen LogP contribution in [0.5, 0.6) is 11.5 Å². The van der Waals surface area contributed by atoms with Gasteiger partial charge in [-0.2, -0.15) is 0 Å². The Bertz CT molecular complexity index is 664. The number of benzene rings is 2. The summed E-state index contributed by atoms with van der Waals surface area (Å²) in [5.41, 5.74) is 2.32. The summed E-state index contributed by atoms with van der Waals surface area (Å²) in [5.74, 6) is 1.40. The van der Waals surface area contributed by atoms with Gasteiger partial charge in [0.15, 0.2) is 0 Å². The molecule has 0 spiro atoms. The fraction of sp³-hybridized carbons (Fsp3) is 0.316. The molecule has 0 saturated carbocycles. The molecule has 0 saturated heterocycles. The first kappa shape index (κ1) is 14.6. The molecule has 2 aromatic carbocycles. The number of hydrogen-bond donors (Lipinski definition) is 0. The molecule has 1 aliphatic rings. The van der Waals surface area contributed by atoms with Gasteiger partial charge in [-0.05, 0) is 30.0 Å². The predicted molar refractivity (Wildman–Crippen MR) is 85.3 cm³/mol. The van der Waals surface area contributed by atoms with Gasteiger partial charge in [-0.15, -0.1) is 0 Å². The van der Waals surface area contributed by atoms with Gasteiger partial charge in [0.2, 0.25) is 0 Å². The van der Waals surface area contributed by atoms with E-state index >= 15 is 0 Å². The lowest BCUT2D eigenvalue weighted by atomic mass is 9.95. The van der Waals surface area contributed by atoms with Crippen molar-refractivity contribution >= 4 is 5.97 Å². The maximum absolute atomic E-state index is 11.5. The smallest absolute Gasteiger partial charge is 0.311 e. The van der Waals surface area contributed by atoms with Crippen LogP contribution in [-0.2, 0) is 11.2 Å². The molecule has 0 fully saturated rings. The first-order valence-corrected chi connectivity index (χ1v) is 7.67. The molecule has 0 bridgehead atoms. The highest BCUT2D eigenvalue weighted by atomic mass is 16.5. The maximum atomic E-state index is 11.5. The minimum Gasteiger partial charge on any atom is -0.490 e. The van der Waals surface area contributed by atoms with Crippen LogP contribution in [0.2, 0.25) is 0 Å². The summed E-state index contributed by atoms with van der Waals surface area (Å²) in [6.45, 7) is 4.08. The van der Waals surface area contributed by atoms with Gasteiger partial charge in [0.05, 0.1) is 12.5 Å². The van der Waals surface area contributed by atoms with Crippen molar-refractivity contribution in [1.29, 1.82) is 0 Å². The summed E-state index contributed by atoms with van der Waals surface area (Å²) in [6.07, 6.45) is 1.34. The summed E-state index contributed by atoms with van der Waals surface area (Å²) in [4.78, 5) is 11.5. The number of hydrogen-bond acceptors (Lipinski definition) is 3. The van der Waals surface area contributed by atoms with Crippen molar-refractivity contribution in [2.24, 2.45) is 0 Å². The van der Waals surface area contributed by atoms with Crippen molar-refractivity contribution in [2.75, 3.05) is 0 Å². The largest absolute Gasteiger partial charge is 0.490 e. The van der Waals surface area contributed by atoms with E-state index in [9.17, 15) is 4.79 Å². The second-order valence-electron chi connectivity index (χ2n) is 5.90. The van der Waals surface area contributed by atoms with E-state index in [1.807, 2.05) is 50.2 Å². The van der Waals surface area contributed by atoms with E-state index in [0.717, 1.165) is 17.7 Å². The Labute approximate surface area is 130 Å². The lowest BCUT2D eigenvalue weighted by Gasteiger charge is -2.22. The van der Waals surface area contributed by atoms with Crippen molar-refractivity contribution in [1.82, 2.24) is 0 Å². The quantitative estimate of drug-likeness (QED) is 0.629. The number of ether oxygens (including phenoxy) is 2. The van der Waals surface area contributed by atoms with Gasteiger partial charge in [0.1, 0.15) is 11.5 Å². The molecule has 0 amide bonds. The number of esters is 1. The lowest BCUT2D eigenvalue weighted by molar-refractivity contribution is -0.135. The fourth-order valence-corrected chi connectivity index (χ4v) is 2.83. The Morgan fingerprint density at radius 3 is 2.77 bits per heavy atom. The highest BCUT2D eigenvalue weighted by Gasteiger charge is 2.24. The zero-order chi connectivity index (χ0) is 15.5. The minimum atomic E-state index is -0.172. The van der Waals surface area contributed by atoms with Gasteiger partial charge >= 0.3 is 5.97 Å². The Balaban J connectivity index is 1.70. The van der Waals surface area contributed by atoms with E-state index < -0.39 is 0 Å². The van der Waals surface area contributed by atoms with Crippen LogP contribution in [0.25, 0.3) is 0 Å². The number of carbonyl (C=O) groups is 1. The highest BCUT2D eigenvalue weighted by Crippen LogP contribution is 2.36. The Kier molecular flexibility index (Phi) is 4.14. The molecular weight excluding hydrogens is 276 g/mol. The molecule has 114 valence electrons. The fourth-order valence-electron chi connectivity index (χ4n) is 2.83. The topological polar surface area (TPSA) is 35.5 Å². The molecule has 2 atom stereocenters. The minimum absolute atomic E-state index is 0.0529. The Hall–Kier alpha value is -2.29. The van der Waals surface area contributed by atoms with Crippen molar-refractivity contribution in [3.8, 4) is 11.5 Å². The first-order valence-electron chi connectivity index (χ1n) is 7.67. The summed E-state index contributed by atoms with van der Waals surface area (Å²) >= 11 is 0. The van der Waals surface area contributed by atoms with Crippen LogP contribution in [0.15, 0.2) is 48.5 Å². The van der Waals surface area contributed by atoms with Crippen LogP contribution in [0.4, 0.5) is 0 Å². The van der Waals surface area contributed by atoms with Gasteiger partial charge < -0.3 is 9.47 Å². The Morgan fingerprint density at radius 2 is 2.00 bits per heavy atom. The lowest BCUT2D eigenvalue weighted by Crippen LogP contribution is -2.19. The van der Waals surface area contributed by atoms with Gasteiger partial charge in [0.25, 0.3) is 0 Å².